The van der Waals surface area contributed by atoms with E-state index in [2.05, 4.69) is 21.7 Å². The van der Waals surface area contributed by atoms with E-state index >= 15 is 0 Å². The van der Waals surface area contributed by atoms with E-state index in [1.165, 1.54) is 17.8 Å². The van der Waals surface area contributed by atoms with Crippen molar-refractivity contribution in [1.29, 1.82) is 0 Å². The number of hydrogen-bond donors (Lipinski definition) is 1. The molecule has 4 heteroatoms. The highest BCUT2D eigenvalue weighted by Crippen LogP contribution is 2.35. The van der Waals surface area contributed by atoms with Gasteiger partial charge in [-0.25, -0.2) is 4.39 Å². The molecule has 17 heavy (non-hydrogen) atoms. The van der Waals surface area contributed by atoms with Crippen molar-refractivity contribution in [3.63, 3.8) is 0 Å². The maximum atomic E-state index is 13.0. The number of anilines is 1. The van der Waals surface area contributed by atoms with Crippen LogP contribution in [0.15, 0.2) is 23.7 Å². The monoisotopic (exact) mass is 250 g/mol. The Hall–Kier alpha value is -1.42. The van der Waals surface area contributed by atoms with Crippen molar-refractivity contribution in [2.75, 3.05) is 11.9 Å². The van der Waals surface area contributed by atoms with Crippen molar-refractivity contribution in [2.24, 2.45) is 0 Å². The molecule has 0 amide bonds. The molecular weight excluding hydrogens is 235 g/mol. The summed E-state index contributed by atoms with van der Waals surface area (Å²) in [6, 6.07) is 3.62. The molecule has 2 aromatic rings. The van der Waals surface area contributed by atoms with Crippen LogP contribution in [-0.4, -0.2) is 11.5 Å². The van der Waals surface area contributed by atoms with Gasteiger partial charge in [-0.1, -0.05) is 13.8 Å². The fraction of sp³-hybridized carbons (Fsp3) is 0.308. The van der Waals surface area contributed by atoms with E-state index in [9.17, 15) is 4.39 Å². The predicted molar refractivity (Wildman–Crippen MR) is 71.0 cm³/mol. The maximum absolute atomic E-state index is 13.0. The first-order valence-corrected chi connectivity index (χ1v) is 6.69. The van der Waals surface area contributed by atoms with E-state index in [1.807, 2.05) is 13.8 Å². The first-order chi connectivity index (χ1) is 8.34. The molecule has 0 radical (unpaired) electrons. The molecule has 2 nitrogen and oxygen atoms in total. The molecule has 90 valence electrons. The Balaban J connectivity index is 0.000000514. The molecule has 1 N–H and O–H groups in total. The smallest absolute Gasteiger partial charge is 0.143 e. The minimum atomic E-state index is -0.291. The summed E-state index contributed by atoms with van der Waals surface area (Å²) in [5.41, 5.74) is 2.97. The third-order valence-corrected chi connectivity index (χ3v) is 3.49. The number of fused-ring (bicyclic) bond motifs is 3. The van der Waals surface area contributed by atoms with E-state index in [4.69, 9.17) is 0 Å². The number of hydrogen-bond acceptors (Lipinski definition) is 3. The molecule has 3 rings (SSSR count). The molecule has 1 aliphatic rings. The Morgan fingerprint density at radius 2 is 2.24 bits per heavy atom. The van der Waals surface area contributed by atoms with E-state index in [-0.39, 0.29) is 5.82 Å². The zero-order valence-corrected chi connectivity index (χ0v) is 10.8. The predicted octanol–water partition coefficient (Wildman–Crippen LogP) is 3.94. The van der Waals surface area contributed by atoms with Gasteiger partial charge in [0, 0.05) is 12.6 Å². The number of aromatic nitrogens is 1. The Labute approximate surface area is 105 Å². The van der Waals surface area contributed by atoms with Crippen LogP contribution >= 0.6 is 11.3 Å². The van der Waals surface area contributed by atoms with E-state index in [0.29, 0.717) is 0 Å². The van der Waals surface area contributed by atoms with Gasteiger partial charge in [-0.2, -0.15) is 0 Å². The number of rotatable bonds is 0. The van der Waals surface area contributed by atoms with Crippen LogP contribution in [0.25, 0.3) is 10.6 Å². The fourth-order valence-electron chi connectivity index (χ4n) is 1.83. The van der Waals surface area contributed by atoms with Gasteiger partial charge in [0.05, 0.1) is 16.8 Å². The van der Waals surface area contributed by atoms with E-state index < -0.39 is 0 Å². The first-order valence-electron chi connectivity index (χ1n) is 5.81. The SMILES string of the molecule is CC.Fc1cnc2c(c1)NCCc1ccsc1-2. The minimum absolute atomic E-state index is 0.291. The average molecular weight is 250 g/mol. The number of nitrogens with one attached hydrogen (secondary N) is 1. The van der Waals surface area contributed by atoms with E-state index in [0.717, 1.165) is 29.2 Å². The summed E-state index contributed by atoms with van der Waals surface area (Å²) in [7, 11) is 0. The summed E-state index contributed by atoms with van der Waals surface area (Å²) >= 11 is 1.66. The van der Waals surface area contributed by atoms with Gasteiger partial charge in [0.1, 0.15) is 11.5 Å². The highest BCUT2D eigenvalue weighted by Gasteiger charge is 2.16. The summed E-state index contributed by atoms with van der Waals surface area (Å²) in [5, 5.41) is 5.26. The molecule has 0 bridgehead atoms. The molecule has 1 aliphatic heterocycles. The van der Waals surface area contributed by atoms with Gasteiger partial charge < -0.3 is 5.32 Å². The second kappa shape index (κ2) is 5.27. The molecule has 0 unspecified atom stereocenters. The van der Waals surface area contributed by atoms with Crippen LogP contribution in [0.4, 0.5) is 10.1 Å². The molecule has 2 aromatic heterocycles. The summed E-state index contributed by atoms with van der Waals surface area (Å²) in [6.45, 7) is 4.84. The van der Waals surface area contributed by atoms with Crippen LogP contribution in [0.1, 0.15) is 19.4 Å². The van der Waals surface area contributed by atoms with E-state index in [1.54, 1.807) is 11.3 Å². The fourth-order valence-corrected chi connectivity index (χ4v) is 2.79. The Morgan fingerprint density at radius 3 is 3.06 bits per heavy atom. The van der Waals surface area contributed by atoms with Crippen molar-refractivity contribution >= 4 is 17.0 Å². The topological polar surface area (TPSA) is 24.9 Å². The lowest BCUT2D eigenvalue weighted by Gasteiger charge is -2.05. The van der Waals surface area contributed by atoms with Crippen LogP contribution in [-0.2, 0) is 6.42 Å². The number of thiophene rings is 1. The molecule has 0 atom stereocenters. The minimum Gasteiger partial charge on any atom is -0.383 e. The van der Waals surface area contributed by atoms with Gasteiger partial charge >= 0.3 is 0 Å². The molecule has 0 spiro atoms. The maximum Gasteiger partial charge on any atom is 0.143 e. The number of nitrogens with zero attached hydrogens (tertiary/aromatic N) is 1. The summed E-state index contributed by atoms with van der Waals surface area (Å²) in [5.74, 6) is -0.291. The van der Waals surface area contributed by atoms with Crippen LogP contribution in [0.3, 0.4) is 0 Å². The van der Waals surface area contributed by atoms with Crippen LogP contribution < -0.4 is 5.32 Å². The molecule has 0 saturated heterocycles. The van der Waals surface area contributed by atoms with Crippen LogP contribution in [0.2, 0.25) is 0 Å². The zero-order chi connectivity index (χ0) is 12.3. The standard InChI is InChI=1S/C11H9FN2S.C2H6/c12-8-5-9-10(14-6-8)11-7(1-3-13-9)2-4-15-11;1-2/h2,4-6,13H,1,3H2;1-2H3. The zero-order valence-electron chi connectivity index (χ0n) is 9.96. The first kappa shape index (κ1) is 12.0. The Kier molecular flexibility index (Phi) is 3.74. The second-order valence-corrected chi connectivity index (χ2v) is 4.42. The molecule has 3 heterocycles. The highest BCUT2D eigenvalue weighted by molar-refractivity contribution is 7.13. The molecule has 0 fully saturated rings. The van der Waals surface area contributed by atoms with Crippen molar-refractivity contribution in [3.05, 3.63) is 35.1 Å². The highest BCUT2D eigenvalue weighted by atomic mass is 32.1. The van der Waals surface area contributed by atoms with Crippen molar-refractivity contribution in [1.82, 2.24) is 4.98 Å². The number of halogens is 1. The van der Waals surface area contributed by atoms with Crippen molar-refractivity contribution in [2.45, 2.75) is 20.3 Å². The summed E-state index contributed by atoms with van der Waals surface area (Å²) < 4.78 is 13.0. The van der Waals surface area contributed by atoms with Gasteiger partial charge in [0.25, 0.3) is 0 Å². The van der Waals surface area contributed by atoms with Crippen LogP contribution in [0.5, 0.6) is 0 Å². The quantitative estimate of drug-likeness (QED) is 0.766. The molecular formula is C13H15FN2S. The van der Waals surface area contributed by atoms with Gasteiger partial charge in [-0.15, -0.1) is 11.3 Å². The number of pyridine rings is 1. The largest absolute Gasteiger partial charge is 0.383 e. The average Bonchev–Trinajstić information content (AvgIpc) is 2.74. The van der Waals surface area contributed by atoms with Crippen molar-refractivity contribution < 1.29 is 4.39 Å². The lowest BCUT2D eigenvalue weighted by atomic mass is 10.1. The Morgan fingerprint density at radius 1 is 1.41 bits per heavy atom. The third-order valence-electron chi connectivity index (χ3n) is 2.53. The van der Waals surface area contributed by atoms with Gasteiger partial charge in [-0.3, -0.25) is 4.98 Å². The summed E-state index contributed by atoms with van der Waals surface area (Å²) in [6.07, 6.45) is 2.24. The van der Waals surface area contributed by atoms with Crippen molar-refractivity contribution in [3.8, 4) is 10.6 Å². The lowest BCUT2D eigenvalue weighted by molar-refractivity contribution is 0.622. The summed E-state index contributed by atoms with van der Waals surface area (Å²) in [4.78, 5) is 5.33. The van der Waals surface area contributed by atoms with Crippen LogP contribution in [0, 0.1) is 5.82 Å². The van der Waals surface area contributed by atoms with Gasteiger partial charge in [-0.05, 0) is 23.4 Å². The normalized spacial score (nSPS) is 12.4. The molecule has 0 saturated carbocycles. The third kappa shape index (κ3) is 2.31. The van der Waals surface area contributed by atoms with Gasteiger partial charge in [0.2, 0.25) is 0 Å². The molecule has 0 aliphatic carbocycles. The second-order valence-electron chi connectivity index (χ2n) is 3.50. The Bertz CT molecular complexity index is 508. The van der Waals surface area contributed by atoms with Gasteiger partial charge in [0.15, 0.2) is 0 Å². The molecule has 0 aromatic carbocycles. The lowest BCUT2D eigenvalue weighted by Crippen LogP contribution is -2.02.